The van der Waals surface area contributed by atoms with Crippen LogP contribution in [0.1, 0.15) is 37.5 Å². The Morgan fingerprint density at radius 1 is 0.969 bits per heavy atom. The molecule has 2 aromatic rings. The smallest absolute Gasteiger partial charge is 0.411 e. The summed E-state index contributed by atoms with van der Waals surface area (Å²) in [7, 11) is 3.99. The van der Waals surface area contributed by atoms with E-state index in [-0.39, 0.29) is 5.91 Å². The number of rotatable bonds is 6. The summed E-state index contributed by atoms with van der Waals surface area (Å²) in [4.78, 5) is 32.5. The van der Waals surface area contributed by atoms with Gasteiger partial charge >= 0.3 is 6.09 Å². The Bertz CT molecular complexity index is 921. The minimum absolute atomic E-state index is 0.0453. The van der Waals surface area contributed by atoms with Gasteiger partial charge in [0.1, 0.15) is 11.6 Å². The van der Waals surface area contributed by atoms with Crippen molar-refractivity contribution < 1.29 is 14.3 Å². The molecule has 0 aliphatic carbocycles. The van der Waals surface area contributed by atoms with E-state index >= 15 is 0 Å². The van der Waals surface area contributed by atoms with Gasteiger partial charge in [0, 0.05) is 26.1 Å². The molecule has 0 bridgehead atoms. The molecule has 1 heterocycles. The van der Waals surface area contributed by atoms with Gasteiger partial charge in [0.05, 0.1) is 6.54 Å². The third-order valence-electron chi connectivity index (χ3n) is 5.51. The molecule has 2 amide bonds. The van der Waals surface area contributed by atoms with Gasteiger partial charge in [0.25, 0.3) is 0 Å². The molecule has 3 rings (SSSR count). The first-order valence-electron chi connectivity index (χ1n) is 11.2. The fourth-order valence-electron chi connectivity index (χ4n) is 3.86. The van der Waals surface area contributed by atoms with Crippen LogP contribution in [0.25, 0.3) is 0 Å². The number of hydrogen-bond donors (Lipinski definition) is 0. The maximum Gasteiger partial charge on any atom is 0.411 e. The van der Waals surface area contributed by atoms with Gasteiger partial charge in [-0.15, -0.1) is 0 Å². The van der Waals surface area contributed by atoms with Crippen LogP contribution < -0.4 is 0 Å². The average Bonchev–Trinajstić information content (AvgIpc) is 2.74. The van der Waals surface area contributed by atoms with Gasteiger partial charge in [0.2, 0.25) is 5.91 Å². The zero-order valence-electron chi connectivity index (χ0n) is 19.9. The van der Waals surface area contributed by atoms with Crippen LogP contribution in [0.3, 0.4) is 0 Å². The molecule has 0 radical (unpaired) electrons. The van der Waals surface area contributed by atoms with E-state index in [1.807, 2.05) is 94.4 Å². The van der Waals surface area contributed by atoms with Crippen molar-refractivity contribution in [1.82, 2.24) is 14.7 Å². The van der Waals surface area contributed by atoms with Crippen molar-refractivity contribution in [2.45, 2.75) is 51.9 Å². The molecule has 0 saturated carbocycles. The maximum atomic E-state index is 13.9. The van der Waals surface area contributed by atoms with Gasteiger partial charge < -0.3 is 14.5 Å². The molecule has 1 aliphatic heterocycles. The van der Waals surface area contributed by atoms with Crippen molar-refractivity contribution in [3.05, 3.63) is 71.3 Å². The topological polar surface area (TPSA) is 53.1 Å². The van der Waals surface area contributed by atoms with E-state index in [1.165, 1.54) is 0 Å². The molecule has 0 saturated heterocycles. The number of amides is 2. The Balaban J connectivity index is 1.90. The highest BCUT2D eigenvalue weighted by Gasteiger charge is 2.38. The van der Waals surface area contributed by atoms with Gasteiger partial charge in [0.15, 0.2) is 0 Å². The van der Waals surface area contributed by atoms with Gasteiger partial charge in [-0.1, -0.05) is 54.6 Å². The Hall–Kier alpha value is -2.86. The second-order valence-corrected chi connectivity index (χ2v) is 9.65. The lowest BCUT2D eigenvalue weighted by Crippen LogP contribution is -2.55. The van der Waals surface area contributed by atoms with E-state index < -0.39 is 17.7 Å². The first-order valence-corrected chi connectivity index (χ1v) is 11.2. The first kappa shape index (κ1) is 23.8. The van der Waals surface area contributed by atoms with Gasteiger partial charge in [-0.05, 0) is 51.6 Å². The highest BCUT2D eigenvalue weighted by atomic mass is 16.6. The van der Waals surface area contributed by atoms with Crippen molar-refractivity contribution >= 4 is 12.0 Å². The zero-order chi connectivity index (χ0) is 23.3. The van der Waals surface area contributed by atoms with Crippen LogP contribution in [0.5, 0.6) is 0 Å². The fraction of sp³-hybridized carbons (Fsp3) is 0.462. The quantitative estimate of drug-likeness (QED) is 0.687. The van der Waals surface area contributed by atoms with E-state index in [4.69, 9.17) is 4.74 Å². The Labute approximate surface area is 191 Å². The monoisotopic (exact) mass is 437 g/mol. The predicted octanol–water partition coefficient (Wildman–Crippen LogP) is 3.94. The molecule has 32 heavy (non-hydrogen) atoms. The lowest BCUT2D eigenvalue weighted by Gasteiger charge is -2.39. The summed E-state index contributed by atoms with van der Waals surface area (Å²) in [5.41, 5.74) is 2.61. The third kappa shape index (κ3) is 6.33. The summed E-state index contributed by atoms with van der Waals surface area (Å²) in [5.74, 6) is -0.0453. The molecular weight excluding hydrogens is 402 g/mol. The van der Waals surface area contributed by atoms with Crippen LogP contribution in [0, 0.1) is 0 Å². The molecule has 1 atom stereocenters. The molecule has 0 fully saturated rings. The van der Waals surface area contributed by atoms with Crippen LogP contribution >= 0.6 is 0 Å². The van der Waals surface area contributed by atoms with E-state index in [1.54, 1.807) is 4.90 Å². The second-order valence-electron chi connectivity index (χ2n) is 9.65. The van der Waals surface area contributed by atoms with Crippen molar-refractivity contribution in [3.63, 3.8) is 0 Å². The molecule has 1 unspecified atom stereocenters. The number of carbonyl (C=O) groups is 2. The summed E-state index contributed by atoms with van der Waals surface area (Å²) in [6.07, 6.45) is 0.0410. The second kappa shape index (κ2) is 10.2. The van der Waals surface area contributed by atoms with Gasteiger partial charge in [-0.2, -0.15) is 0 Å². The fourth-order valence-corrected chi connectivity index (χ4v) is 3.86. The molecular formula is C26H35N3O3. The van der Waals surface area contributed by atoms with Gasteiger partial charge in [-0.25, -0.2) is 4.79 Å². The molecule has 1 aliphatic rings. The normalized spacial score (nSPS) is 15.9. The van der Waals surface area contributed by atoms with Crippen molar-refractivity contribution in [2.24, 2.45) is 0 Å². The SMILES string of the molecule is CN(C)CCN(Cc1ccccc1)C(=O)C1Cc2ccccc2CN1C(=O)OC(C)(C)C. The Morgan fingerprint density at radius 3 is 2.22 bits per heavy atom. The lowest BCUT2D eigenvalue weighted by molar-refractivity contribution is -0.138. The first-order chi connectivity index (χ1) is 15.1. The number of fused-ring (bicyclic) bond motifs is 1. The van der Waals surface area contributed by atoms with Crippen molar-refractivity contribution in [2.75, 3.05) is 27.2 Å². The van der Waals surface area contributed by atoms with E-state index in [0.29, 0.717) is 26.1 Å². The molecule has 172 valence electrons. The zero-order valence-corrected chi connectivity index (χ0v) is 19.9. The van der Waals surface area contributed by atoms with Crippen LogP contribution in [-0.2, 0) is 29.0 Å². The number of nitrogens with zero attached hydrogens (tertiary/aromatic N) is 3. The minimum atomic E-state index is -0.629. The molecule has 6 nitrogen and oxygen atoms in total. The van der Waals surface area contributed by atoms with Crippen molar-refractivity contribution in [1.29, 1.82) is 0 Å². The summed E-state index contributed by atoms with van der Waals surface area (Å²) < 4.78 is 5.68. The predicted molar refractivity (Wildman–Crippen MR) is 126 cm³/mol. The number of ether oxygens (including phenoxy) is 1. The van der Waals surface area contributed by atoms with Crippen LogP contribution in [0.4, 0.5) is 4.79 Å². The van der Waals surface area contributed by atoms with Crippen LogP contribution in [-0.4, -0.2) is 65.5 Å². The average molecular weight is 438 g/mol. The van der Waals surface area contributed by atoms with Crippen molar-refractivity contribution in [3.8, 4) is 0 Å². The van der Waals surface area contributed by atoms with Crippen LogP contribution in [0.2, 0.25) is 0 Å². The van der Waals surface area contributed by atoms with Gasteiger partial charge in [-0.3, -0.25) is 9.69 Å². The summed E-state index contributed by atoms with van der Waals surface area (Å²) in [6.45, 7) is 7.74. The van der Waals surface area contributed by atoms with Crippen LogP contribution in [0.15, 0.2) is 54.6 Å². The summed E-state index contributed by atoms with van der Waals surface area (Å²) in [5, 5.41) is 0. The minimum Gasteiger partial charge on any atom is -0.444 e. The van der Waals surface area contributed by atoms with E-state index in [9.17, 15) is 9.59 Å². The number of benzene rings is 2. The van der Waals surface area contributed by atoms with E-state index in [2.05, 4.69) is 4.90 Å². The maximum absolute atomic E-state index is 13.9. The number of hydrogen-bond acceptors (Lipinski definition) is 4. The lowest BCUT2D eigenvalue weighted by atomic mass is 9.93. The van der Waals surface area contributed by atoms with E-state index in [0.717, 1.165) is 23.2 Å². The molecule has 0 aromatic heterocycles. The summed E-state index contributed by atoms with van der Waals surface area (Å²) in [6, 6.07) is 17.4. The largest absolute Gasteiger partial charge is 0.444 e. The third-order valence-corrected chi connectivity index (χ3v) is 5.51. The molecule has 6 heteroatoms. The molecule has 0 spiro atoms. The highest BCUT2D eigenvalue weighted by Crippen LogP contribution is 2.27. The molecule has 2 aromatic carbocycles. The molecule has 0 N–H and O–H groups in total. The Morgan fingerprint density at radius 2 is 1.59 bits per heavy atom. The Kier molecular flexibility index (Phi) is 7.56. The number of carbonyl (C=O) groups excluding carboxylic acids is 2. The summed E-state index contributed by atoms with van der Waals surface area (Å²) >= 11 is 0. The number of likely N-dealkylation sites (N-methyl/N-ethyl adjacent to an activating group) is 1. The highest BCUT2D eigenvalue weighted by molar-refractivity contribution is 5.86. The standard InChI is InChI=1S/C26H35N3O3/c1-26(2,3)32-25(31)29-19-22-14-10-9-13-21(22)17-23(29)24(30)28(16-15-27(4)5)18-20-11-7-6-8-12-20/h6-14,23H,15-19H2,1-5H3.